The van der Waals surface area contributed by atoms with Gasteiger partial charge in [0.1, 0.15) is 11.2 Å². The molecule has 0 N–H and O–H groups in total. The lowest BCUT2D eigenvalue weighted by atomic mass is 9.65. The molecule has 13 rings (SSSR count). The molecule has 1 unspecified atom stereocenters. The van der Waals surface area contributed by atoms with E-state index in [0.29, 0.717) is 0 Å². The van der Waals surface area contributed by atoms with Crippen LogP contribution in [0.3, 0.4) is 0 Å². The zero-order chi connectivity index (χ0) is 40.1. The maximum atomic E-state index is 6.37. The van der Waals surface area contributed by atoms with Crippen LogP contribution in [0.25, 0.3) is 77.2 Å². The lowest BCUT2D eigenvalue weighted by Gasteiger charge is -2.36. The number of anilines is 3. The zero-order valence-electron chi connectivity index (χ0n) is 33.2. The Balaban J connectivity index is 1.14. The molecule has 284 valence electrons. The lowest BCUT2D eigenvalue weighted by Crippen LogP contribution is -2.29. The first-order chi connectivity index (χ1) is 30.3. The summed E-state index contributed by atoms with van der Waals surface area (Å²) in [5.41, 5.74) is 19.5. The monoisotopic (exact) mass is 775 g/mol. The van der Waals surface area contributed by atoms with Crippen LogP contribution in [0, 0.1) is 0 Å². The highest BCUT2D eigenvalue weighted by molar-refractivity contribution is 6.08. The molecule has 10 aromatic carbocycles. The number of para-hydroxylation sites is 2. The van der Waals surface area contributed by atoms with Crippen molar-refractivity contribution in [3.05, 3.63) is 247 Å². The van der Waals surface area contributed by atoms with Crippen LogP contribution < -0.4 is 4.90 Å². The maximum absolute atomic E-state index is 6.37. The minimum Gasteiger partial charge on any atom is -0.456 e. The molecular weight excluding hydrogens is 739 g/mol. The number of fused-ring (bicyclic) bond motifs is 17. The van der Waals surface area contributed by atoms with Gasteiger partial charge in [0.15, 0.2) is 0 Å². The van der Waals surface area contributed by atoms with E-state index in [2.05, 4.69) is 223 Å². The van der Waals surface area contributed by atoms with E-state index >= 15 is 0 Å². The third kappa shape index (κ3) is 4.79. The molecule has 0 bridgehead atoms. The molecule has 0 fully saturated rings. The molecule has 2 aliphatic carbocycles. The van der Waals surface area contributed by atoms with Gasteiger partial charge in [0.25, 0.3) is 0 Å². The van der Waals surface area contributed by atoms with Crippen LogP contribution in [0.4, 0.5) is 17.1 Å². The molecular formula is C59H37NO. The van der Waals surface area contributed by atoms with Gasteiger partial charge in [-0.15, -0.1) is 0 Å². The van der Waals surface area contributed by atoms with Gasteiger partial charge in [0.2, 0.25) is 0 Å². The molecule has 0 saturated carbocycles. The van der Waals surface area contributed by atoms with Gasteiger partial charge < -0.3 is 9.32 Å². The summed E-state index contributed by atoms with van der Waals surface area (Å²) in [4.78, 5) is 2.45. The van der Waals surface area contributed by atoms with E-state index < -0.39 is 5.41 Å². The fraction of sp³-hybridized carbons (Fsp3) is 0.0169. The molecule has 0 aliphatic heterocycles. The summed E-state index contributed by atoms with van der Waals surface area (Å²) in [7, 11) is 0. The highest BCUT2D eigenvalue weighted by atomic mass is 16.3. The van der Waals surface area contributed by atoms with Crippen molar-refractivity contribution in [2.75, 3.05) is 4.90 Å². The van der Waals surface area contributed by atoms with Gasteiger partial charge in [0, 0.05) is 27.7 Å². The van der Waals surface area contributed by atoms with Crippen molar-refractivity contribution in [1.82, 2.24) is 0 Å². The Bertz CT molecular complexity index is 3560. The summed E-state index contributed by atoms with van der Waals surface area (Å²) in [6.45, 7) is 0. The largest absolute Gasteiger partial charge is 0.456 e. The number of hydrogen-bond donors (Lipinski definition) is 0. The van der Waals surface area contributed by atoms with Gasteiger partial charge >= 0.3 is 0 Å². The Morgan fingerprint density at radius 2 is 0.885 bits per heavy atom. The van der Waals surface area contributed by atoms with Crippen LogP contribution in [0.1, 0.15) is 22.3 Å². The average molecular weight is 776 g/mol. The van der Waals surface area contributed by atoms with E-state index in [1.54, 1.807) is 0 Å². The van der Waals surface area contributed by atoms with Crippen LogP contribution in [0.5, 0.6) is 0 Å². The van der Waals surface area contributed by atoms with Crippen molar-refractivity contribution < 1.29 is 4.42 Å². The normalized spacial score (nSPS) is 14.6. The Morgan fingerprint density at radius 1 is 0.328 bits per heavy atom. The Morgan fingerprint density at radius 3 is 1.72 bits per heavy atom. The Kier molecular flexibility index (Phi) is 7.26. The maximum Gasteiger partial charge on any atom is 0.135 e. The highest BCUT2D eigenvalue weighted by Crippen LogP contribution is 2.63. The number of benzene rings is 10. The van der Waals surface area contributed by atoms with E-state index in [9.17, 15) is 0 Å². The number of rotatable bonds is 4. The van der Waals surface area contributed by atoms with Gasteiger partial charge in [-0.05, 0) is 114 Å². The minimum atomic E-state index is -0.583. The first-order valence-corrected chi connectivity index (χ1v) is 21.1. The SMILES string of the molecule is c1ccc(-c2ccccc2N(c2ccc3c(c2)-c2ccccc2-c2ccccc2C32c3ccccc3-c3c2ccc2ccccc32)c2ccc3oc4ccccc4c3c2)cc1. The van der Waals surface area contributed by atoms with E-state index in [1.165, 1.54) is 72.0 Å². The highest BCUT2D eigenvalue weighted by Gasteiger charge is 2.50. The average Bonchev–Trinajstić information content (AvgIpc) is 3.82. The molecule has 2 heteroatoms. The summed E-state index contributed by atoms with van der Waals surface area (Å²) in [5.74, 6) is 0. The van der Waals surface area contributed by atoms with E-state index in [-0.39, 0.29) is 0 Å². The Labute approximate surface area is 354 Å². The number of furan rings is 1. The fourth-order valence-electron chi connectivity index (χ4n) is 10.8. The molecule has 1 atom stereocenters. The topological polar surface area (TPSA) is 16.4 Å². The molecule has 0 amide bonds. The molecule has 1 aromatic heterocycles. The van der Waals surface area contributed by atoms with Crippen molar-refractivity contribution in [1.29, 1.82) is 0 Å². The van der Waals surface area contributed by atoms with Gasteiger partial charge in [-0.2, -0.15) is 0 Å². The first kappa shape index (κ1) is 34.0. The van der Waals surface area contributed by atoms with Crippen LogP contribution in [0.15, 0.2) is 229 Å². The molecule has 2 aliphatic rings. The standard InChI is InChI=1S/C59H37NO/c1-2-16-38(17-3-1)42-19-10-14-28-55(42)60(41-32-35-57-50(37-41)47-24-11-15-29-56(47)61-57)40-31-34-53-49(36-40)45-22-7-6-21-44(45)46-23-8-12-26-51(46)59(53)52-27-13-9-25-48(52)58-43-20-5-4-18-39(43)30-33-54(58)59/h1-37H. The summed E-state index contributed by atoms with van der Waals surface area (Å²) in [6, 6.07) is 82.7. The van der Waals surface area contributed by atoms with Gasteiger partial charge in [-0.3, -0.25) is 0 Å². The molecule has 0 radical (unpaired) electrons. The summed E-state index contributed by atoms with van der Waals surface area (Å²) < 4.78 is 6.37. The second-order valence-electron chi connectivity index (χ2n) is 16.3. The third-order valence-corrected chi connectivity index (χ3v) is 13.3. The molecule has 11 aromatic rings. The Hall–Kier alpha value is -7.94. The lowest BCUT2D eigenvalue weighted by molar-refractivity contribution is 0.669. The first-order valence-electron chi connectivity index (χ1n) is 21.1. The quantitative estimate of drug-likeness (QED) is 0.177. The van der Waals surface area contributed by atoms with Crippen molar-refractivity contribution in [2.45, 2.75) is 5.41 Å². The third-order valence-electron chi connectivity index (χ3n) is 13.3. The zero-order valence-corrected chi connectivity index (χ0v) is 33.2. The van der Waals surface area contributed by atoms with Crippen LogP contribution >= 0.6 is 0 Å². The van der Waals surface area contributed by atoms with E-state index in [1.807, 2.05) is 6.07 Å². The van der Waals surface area contributed by atoms with Crippen molar-refractivity contribution in [2.24, 2.45) is 0 Å². The summed E-state index contributed by atoms with van der Waals surface area (Å²) in [5, 5.41) is 4.74. The van der Waals surface area contributed by atoms with Crippen LogP contribution in [-0.4, -0.2) is 0 Å². The van der Waals surface area contributed by atoms with Gasteiger partial charge in [-0.1, -0.05) is 182 Å². The van der Waals surface area contributed by atoms with E-state index in [4.69, 9.17) is 4.42 Å². The van der Waals surface area contributed by atoms with Crippen molar-refractivity contribution >= 4 is 49.8 Å². The van der Waals surface area contributed by atoms with Gasteiger partial charge in [0.05, 0.1) is 11.1 Å². The molecule has 61 heavy (non-hydrogen) atoms. The van der Waals surface area contributed by atoms with Gasteiger partial charge in [-0.25, -0.2) is 0 Å². The number of nitrogens with zero attached hydrogens (tertiary/aromatic N) is 1. The summed E-state index contributed by atoms with van der Waals surface area (Å²) in [6.07, 6.45) is 0. The second kappa shape index (κ2) is 13.0. The molecule has 1 heterocycles. The number of hydrogen-bond acceptors (Lipinski definition) is 2. The predicted octanol–water partition coefficient (Wildman–Crippen LogP) is 15.9. The van der Waals surface area contributed by atoms with Crippen molar-refractivity contribution in [3.63, 3.8) is 0 Å². The molecule has 1 spiro atoms. The fourth-order valence-corrected chi connectivity index (χ4v) is 10.8. The van der Waals surface area contributed by atoms with Crippen LogP contribution in [0.2, 0.25) is 0 Å². The molecule has 2 nitrogen and oxygen atoms in total. The second-order valence-corrected chi connectivity index (χ2v) is 16.3. The predicted molar refractivity (Wildman–Crippen MR) is 253 cm³/mol. The van der Waals surface area contributed by atoms with Crippen LogP contribution in [-0.2, 0) is 5.41 Å². The summed E-state index contributed by atoms with van der Waals surface area (Å²) >= 11 is 0. The van der Waals surface area contributed by atoms with Crippen molar-refractivity contribution in [3.8, 4) is 44.5 Å². The molecule has 0 saturated heterocycles. The minimum absolute atomic E-state index is 0.583. The smallest absolute Gasteiger partial charge is 0.135 e. The van der Waals surface area contributed by atoms with E-state index in [0.717, 1.165) is 44.6 Å².